The van der Waals surface area contributed by atoms with Gasteiger partial charge >= 0.3 is 5.97 Å². The van der Waals surface area contributed by atoms with Gasteiger partial charge in [-0.1, -0.05) is 36.4 Å². The van der Waals surface area contributed by atoms with Crippen LogP contribution in [0.2, 0.25) is 0 Å². The quantitative estimate of drug-likeness (QED) is 0.756. The van der Waals surface area contributed by atoms with Crippen molar-refractivity contribution in [3.05, 3.63) is 59.7 Å². The molecule has 1 fully saturated rings. The van der Waals surface area contributed by atoms with Crippen LogP contribution in [0.15, 0.2) is 48.5 Å². The smallest absolute Gasteiger partial charge is 0.327 e. The Balaban J connectivity index is 1.39. The fourth-order valence-electron chi connectivity index (χ4n) is 3.72. The Morgan fingerprint density at radius 1 is 1.04 bits per heavy atom. The van der Waals surface area contributed by atoms with E-state index in [1.54, 1.807) is 0 Å². The zero-order valence-electron chi connectivity index (χ0n) is 15.5. The molecule has 0 aromatic heterocycles. The van der Waals surface area contributed by atoms with Gasteiger partial charge in [0, 0.05) is 32.7 Å². The molecular formula is C21H24N2O4. The Hall–Kier alpha value is -2.57. The number of nitrogens with zero attached hydrogens (tertiary/aromatic N) is 2. The Labute approximate surface area is 159 Å². The third kappa shape index (κ3) is 3.91. The molecule has 142 valence electrons. The van der Waals surface area contributed by atoms with Crippen molar-refractivity contribution < 1.29 is 19.0 Å². The van der Waals surface area contributed by atoms with E-state index >= 15 is 0 Å². The highest BCUT2D eigenvalue weighted by Gasteiger charge is 2.31. The molecular weight excluding hydrogens is 344 g/mol. The summed E-state index contributed by atoms with van der Waals surface area (Å²) in [7, 11) is 1.45. The van der Waals surface area contributed by atoms with Gasteiger partial charge in [0.05, 0.1) is 7.11 Å². The topological polar surface area (TPSA) is 51.2 Å². The van der Waals surface area contributed by atoms with Crippen LogP contribution in [0.1, 0.15) is 17.2 Å². The number of fused-ring (bicyclic) bond motifs is 1. The monoisotopic (exact) mass is 368 g/mol. The third-order valence-corrected chi connectivity index (χ3v) is 5.15. The number of methoxy groups -OCH3 is 1. The Bertz CT molecular complexity index is 788. The summed E-state index contributed by atoms with van der Waals surface area (Å²) in [6, 6.07) is 15.6. The number of carbonyl (C=O) groups is 1. The number of ether oxygens (including phenoxy) is 3. The van der Waals surface area contributed by atoms with Gasteiger partial charge in [-0.3, -0.25) is 9.80 Å². The van der Waals surface area contributed by atoms with Gasteiger partial charge in [0.2, 0.25) is 6.79 Å². The maximum absolute atomic E-state index is 12.4. The van der Waals surface area contributed by atoms with Gasteiger partial charge in [0.15, 0.2) is 11.5 Å². The first-order chi connectivity index (χ1) is 13.2. The number of esters is 1. The lowest BCUT2D eigenvalue weighted by atomic mass is 10.0. The van der Waals surface area contributed by atoms with Crippen molar-refractivity contribution in [1.82, 2.24) is 9.80 Å². The van der Waals surface area contributed by atoms with Crippen LogP contribution < -0.4 is 9.47 Å². The summed E-state index contributed by atoms with van der Waals surface area (Å²) in [5, 5.41) is 0. The summed E-state index contributed by atoms with van der Waals surface area (Å²) in [5.74, 6) is 1.43. The molecule has 2 aliphatic heterocycles. The number of benzene rings is 2. The summed E-state index contributed by atoms with van der Waals surface area (Å²) in [6.45, 7) is 4.59. The second kappa shape index (κ2) is 7.98. The zero-order valence-corrected chi connectivity index (χ0v) is 15.5. The number of hydrogen-bond acceptors (Lipinski definition) is 6. The highest BCUT2D eigenvalue weighted by molar-refractivity contribution is 5.77. The first-order valence-electron chi connectivity index (χ1n) is 9.22. The maximum atomic E-state index is 12.4. The normalized spacial score (nSPS) is 18.3. The minimum Gasteiger partial charge on any atom is -0.468 e. The second-order valence-corrected chi connectivity index (χ2v) is 6.84. The Morgan fingerprint density at radius 3 is 2.52 bits per heavy atom. The third-order valence-electron chi connectivity index (χ3n) is 5.15. The zero-order chi connectivity index (χ0) is 18.6. The highest BCUT2D eigenvalue weighted by Crippen LogP contribution is 2.33. The van der Waals surface area contributed by atoms with E-state index in [-0.39, 0.29) is 12.0 Å². The molecule has 27 heavy (non-hydrogen) atoms. The molecule has 0 spiro atoms. The largest absolute Gasteiger partial charge is 0.468 e. The fourth-order valence-corrected chi connectivity index (χ4v) is 3.72. The summed E-state index contributed by atoms with van der Waals surface area (Å²) in [6.07, 6.45) is 0. The molecule has 4 rings (SSSR count). The van der Waals surface area contributed by atoms with Crippen LogP contribution in [0.5, 0.6) is 11.5 Å². The lowest BCUT2D eigenvalue weighted by Gasteiger charge is -2.38. The Kier molecular flexibility index (Phi) is 5.27. The van der Waals surface area contributed by atoms with Gasteiger partial charge in [-0.05, 0) is 23.3 Å². The molecule has 6 heteroatoms. The lowest BCUT2D eigenvalue weighted by molar-refractivity contribution is -0.148. The van der Waals surface area contributed by atoms with E-state index < -0.39 is 0 Å². The molecule has 0 bridgehead atoms. The summed E-state index contributed by atoms with van der Waals surface area (Å²) < 4.78 is 15.9. The summed E-state index contributed by atoms with van der Waals surface area (Å²) in [5.41, 5.74) is 2.19. The van der Waals surface area contributed by atoms with Gasteiger partial charge in [-0.25, -0.2) is 4.79 Å². The predicted molar refractivity (Wildman–Crippen MR) is 101 cm³/mol. The van der Waals surface area contributed by atoms with Crippen LogP contribution in [0.3, 0.4) is 0 Å². The van der Waals surface area contributed by atoms with E-state index in [4.69, 9.17) is 14.2 Å². The molecule has 2 aromatic carbocycles. The van der Waals surface area contributed by atoms with Crippen LogP contribution in [0.4, 0.5) is 0 Å². The van der Waals surface area contributed by atoms with E-state index in [1.165, 1.54) is 12.7 Å². The van der Waals surface area contributed by atoms with Gasteiger partial charge in [0.1, 0.15) is 6.04 Å². The molecule has 2 aliphatic rings. The van der Waals surface area contributed by atoms with Crippen molar-refractivity contribution in [2.24, 2.45) is 0 Å². The minimum atomic E-state index is -0.344. The fraction of sp³-hybridized carbons (Fsp3) is 0.381. The summed E-state index contributed by atoms with van der Waals surface area (Å²) in [4.78, 5) is 17.0. The van der Waals surface area contributed by atoms with E-state index in [9.17, 15) is 4.79 Å². The van der Waals surface area contributed by atoms with Crippen molar-refractivity contribution in [1.29, 1.82) is 0 Å². The highest BCUT2D eigenvalue weighted by atomic mass is 16.7. The SMILES string of the molecule is COC(=O)[C@H](c1ccccc1)N1CCN(Cc2ccc3c(c2)OCO3)CC1. The van der Waals surface area contributed by atoms with E-state index in [2.05, 4.69) is 21.9 Å². The van der Waals surface area contributed by atoms with E-state index in [0.29, 0.717) is 6.79 Å². The predicted octanol–water partition coefficient (Wildman–Crippen LogP) is 2.45. The number of carbonyl (C=O) groups excluding carboxylic acids is 1. The molecule has 0 amide bonds. The molecule has 1 saturated heterocycles. The summed E-state index contributed by atoms with van der Waals surface area (Å²) >= 11 is 0. The van der Waals surface area contributed by atoms with Crippen LogP contribution in [0.25, 0.3) is 0 Å². The molecule has 0 N–H and O–H groups in total. The molecule has 0 radical (unpaired) electrons. The molecule has 6 nitrogen and oxygen atoms in total. The molecule has 0 unspecified atom stereocenters. The average Bonchev–Trinajstić information content (AvgIpc) is 3.18. The van der Waals surface area contributed by atoms with Crippen LogP contribution >= 0.6 is 0 Å². The van der Waals surface area contributed by atoms with Crippen LogP contribution in [-0.2, 0) is 16.1 Å². The van der Waals surface area contributed by atoms with Gasteiger partial charge in [-0.2, -0.15) is 0 Å². The van der Waals surface area contributed by atoms with Crippen LogP contribution in [-0.4, -0.2) is 55.9 Å². The lowest BCUT2D eigenvalue weighted by Crippen LogP contribution is -2.49. The first kappa shape index (κ1) is 17.8. The number of piperazine rings is 1. The molecule has 1 atom stereocenters. The maximum Gasteiger partial charge on any atom is 0.327 e. The standard InChI is InChI=1S/C21H24N2O4/c1-25-21(24)20(17-5-3-2-4-6-17)23-11-9-22(10-12-23)14-16-7-8-18-19(13-16)27-15-26-18/h2-8,13,20H,9-12,14-15H2,1H3/t20-/m0/s1. The minimum absolute atomic E-state index is 0.203. The first-order valence-corrected chi connectivity index (χ1v) is 9.22. The van der Waals surface area contributed by atoms with E-state index in [0.717, 1.165) is 49.8 Å². The van der Waals surface area contributed by atoms with Gasteiger partial charge < -0.3 is 14.2 Å². The van der Waals surface area contributed by atoms with Crippen molar-refractivity contribution in [2.75, 3.05) is 40.1 Å². The molecule has 2 heterocycles. The molecule has 0 aliphatic carbocycles. The van der Waals surface area contributed by atoms with E-state index in [1.807, 2.05) is 36.4 Å². The van der Waals surface area contributed by atoms with Crippen molar-refractivity contribution in [3.63, 3.8) is 0 Å². The molecule has 2 aromatic rings. The number of hydrogen-bond donors (Lipinski definition) is 0. The van der Waals surface area contributed by atoms with Crippen molar-refractivity contribution in [2.45, 2.75) is 12.6 Å². The van der Waals surface area contributed by atoms with Gasteiger partial charge in [0.25, 0.3) is 0 Å². The molecule has 0 saturated carbocycles. The van der Waals surface area contributed by atoms with Crippen molar-refractivity contribution in [3.8, 4) is 11.5 Å². The van der Waals surface area contributed by atoms with Crippen molar-refractivity contribution >= 4 is 5.97 Å². The number of rotatable bonds is 5. The van der Waals surface area contributed by atoms with Gasteiger partial charge in [-0.15, -0.1) is 0 Å². The Morgan fingerprint density at radius 2 is 1.78 bits per heavy atom. The second-order valence-electron chi connectivity index (χ2n) is 6.84. The van der Waals surface area contributed by atoms with Crippen LogP contribution in [0, 0.1) is 0 Å². The average molecular weight is 368 g/mol.